The largest absolute Gasteiger partial charge is 0.459 e. The van der Waals surface area contributed by atoms with Crippen LogP contribution in [0.1, 0.15) is 16.2 Å². The maximum absolute atomic E-state index is 11.7. The topological polar surface area (TPSA) is 72.2 Å². The lowest BCUT2D eigenvalue weighted by Crippen LogP contribution is -2.45. The normalized spacial score (nSPS) is 16.7. The standard InChI is InChI=1S/C12H12N2O3/c1-9-3-2-4-10(14-9)11(15)17-8-12(5-13)6-16-7-12/h2-4H,6-8H2,1H3. The first-order valence-corrected chi connectivity index (χ1v) is 5.25. The van der Waals surface area contributed by atoms with E-state index in [1.165, 1.54) is 0 Å². The third-order valence-corrected chi connectivity index (χ3v) is 2.57. The number of nitrogens with zero attached hydrogens (tertiary/aromatic N) is 2. The number of aromatic nitrogens is 1. The minimum atomic E-state index is -0.667. The first kappa shape index (κ1) is 11.6. The molecule has 0 saturated carbocycles. The van der Waals surface area contributed by atoms with Crippen LogP contribution in [0.2, 0.25) is 0 Å². The van der Waals surface area contributed by atoms with Gasteiger partial charge in [0, 0.05) is 5.69 Å². The van der Waals surface area contributed by atoms with Gasteiger partial charge in [-0.25, -0.2) is 9.78 Å². The highest BCUT2D eigenvalue weighted by atomic mass is 16.5. The summed E-state index contributed by atoms with van der Waals surface area (Å²) in [6, 6.07) is 7.24. The predicted octanol–water partition coefficient (Wildman–Crippen LogP) is 1.09. The van der Waals surface area contributed by atoms with Crippen LogP contribution in [0.4, 0.5) is 0 Å². The van der Waals surface area contributed by atoms with Crippen molar-refractivity contribution in [1.29, 1.82) is 5.26 Å². The van der Waals surface area contributed by atoms with Crippen molar-refractivity contribution in [2.45, 2.75) is 6.92 Å². The molecule has 1 aromatic rings. The van der Waals surface area contributed by atoms with Crippen LogP contribution in [-0.4, -0.2) is 30.8 Å². The molecule has 17 heavy (non-hydrogen) atoms. The number of carbonyl (C=O) groups is 1. The van der Waals surface area contributed by atoms with Crippen LogP contribution < -0.4 is 0 Å². The number of nitriles is 1. The van der Waals surface area contributed by atoms with Gasteiger partial charge in [0.2, 0.25) is 0 Å². The van der Waals surface area contributed by atoms with Gasteiger partial charge < -0.3 is 9.47 Å². The van der Waals surface area contributed by atoms with Gasteiger partial charge in [0.15, 0.2) is 0 Å². The average Bonchev–Trinajstić information content (AvgIpc) is 2.28. The van der Waals surface area contributed by atoms with E-state index in [2.05, 4.69) is 11.1 Å². The van der Waals surface area contributed by atoms with Crippen molar-refractivity contribution in [3.63, 3.8) is 0 Å². The van der Waals surface area contributed by atoms with Gasteiger partial charge in [-0.05, 0) is 19.1 Å². The Morgan fingerprint density at radius 3 is 2.94 bits per heavy atom. The van der Waals surface area contributed by atoms with Crippen LogP contribution in [0.25, 0.3) is 0 Å². The second-order valence-corrected chi connectivity index (χ2v) is 4.13. The summed E-state index contributed by atoms with van der Waals surface area (Å²) >= 11 is 0. The van der Waals surface area contributed by atoms with Gasteiger partial charge in [-0.1, -0.05) is 6.07 Å². The highest BCUT2D eigenvalue weighted by Gasteiger charge is 2.40. The Morgan fingerprint density at radius 1 is 1.65 bits per heavy atom. The fourth-order valence-electron chi connectivity index (χ4n) is 1.46. The summed E-state index contributed by atoms with van der Waals surface area (Å²) in [4.78, 5) is 15.7. The van der Waals surface area contributed by atoms with Crippen molar-refractivity contribution >= 4 is 5.97 Å². The second kappa shape index (κ2) is 4.52. The van der Waals surface area contributed by atoms with Crippen LogP contribution in [0, 0.1) is 23.7 Å². The summed E-state index contributed by atoms with van der Waals surface area (Å²) in [6.07, 6.45) is 0. The summed E-state index contributed by atoms with van der Waals surface area (Å²) in [5, 5.41) is 8.93. The number of hydrogen-bond acceptors (Lipinski definition) is 5. The van der Waals surface area contributed by atoms with Crippen LogP contribution in [0.3, 0.4) is 0 Å². The third kappa shape index (κ3) is 2.43. The Kier molecular flexibility index (Phi) is 3.07. The Labute approximate surface area is 99.0 Å². The van der Waals surface area contributed by atoms with Gasteiger partial charge in [0.05, 0.1) is 19.3 Å². The molecule has 1 aliphatic rings. The van der Waals surface area contributed by atoms with Crippen molar-refractivity contribution < 1.29 is 14.3 Å². The summed E-state index contributed by atoms with van der Waals surface area (Å²) in [5.74, 6) is -0.504. The van der Waals surface area contributed by atoms with E-state index in [9.17, 15) is 4.79 Å². The Bertz CT molecular complexity index is 475. The molecule has 1 saturated heterocycles. The van der Waals surface area contributed by atoms with Crippen molar-refractivity contribution in [3.8, 4) is 6.07 Å². The lowest BCUT2D eigenvalue weighted by Gasteiger charge is -2.33. The van der Waals surface area contributed by atoms with Gasteiger partial charge in [-0.3, -0.25) is 0 Å². The Morgan fingerprint density at radius 2 is 2.41 bits per heavy atom. The molecule has 0 N–H and O–H groups in total. The van der Waals surface area contributed by atoms with Crippen LogP contribution >= 0.6 is 0 Å². The van der Waals surface area contributed by atoms with Gasteiger partial charge in [-0.15, -0.1) is 0 Å². The van der Waals surface area contributed by atoms with E-state index in [-0.39, 0.29) is 12.3 Å². The molecule has 1 aliphatic heterocycles. The monoisotopic (exact) mass is 232 g/mol. The van der Waals surface area contributed by atoms with Gasteiger partial charge >= 0.3 is 5.97 Å². The number of aryl methyl sites for hydroxylation is 1. The van der Waals surface area contributed by atoms with Crippen molar-refractivity contribution in [1.82, 2.24) is 4.98 Å². The number of hydrogen-bond donors (Lipinski definition) is 0. The fraction of sp³-hybridized carbons (Fsp3) is 0.417. The van der Waals surface area contributed by atoms with Gasteiger partial charge in [-0.2, -0.15) is 5.26 Å². The molecule has 5 nitrogen and oxygen atoms in total. The first-order valence-electron chi connectivity index (χ1n) is 5.25. The molecule has 0 atom stereocenters. The van der Waals surface area contributed by atoms with Crippen LogP contribution in [0.15, 0.2) is 18.2 Å². The number of carbonyl (C=O) groups excluding carboxylic acids is 1. The maximum Gasteiger partial charge on any atom is 0.356 e. The highest BCUT2D eigenvalue weighted by Crippen LogP contribution is 2.26. The zero-order valence-corrected chi connectivity index (χ0v) is 9.47. The Balaban J connectivity index is 1.96. The van der Waals surface area contributed by atoms with Crippen LogP contribution in [-0.2, 0) is 9.47 Å². The minimum absolute atomic E-state index is 0.0535. The molecule has 0 unspecified atom stereocenters. The quantitative estimate of drug-likeness (QED) is 0.729. The van der Waals surface area contributed by atoms with E-state index in [1.807, 2.05) is 0 Å². The molecule has 0 aliphatic carbocycles. The van der Waals surface area contributed by atoms with E-state index < -0.39 is 11.4 Å². The lowest BCUT2D eigenvalue weighted by atomic mass is 9.89. The maximum atomic E-state index is 11.7. The van der Waals surface area contributed by atoms with Crippen molar-refractivity contribution in [3.05, 3.63) is 29.6 Å². The highest BCUT2D eigenvalue weighted by molar-refractivity contribution is 5.87. The van der Waals surface area contributed by atoms with E-state index in [0.29, 0.717) is 13.2 Å². The molecular weight excluding hydrogens is 220 g/mol. The van der Waals surface area contributed by atoms with Crippen LogP contribution in [0.5, 0.6) is 0 Å². The zero-order valence-electron chi connectivity index (χ0n) is 9.47. The van der Waals surface area contributed by atoms with E-state index in [0.717, 1.165) is 5.69 Å². The molecule has 88 valence electrons. The second-order valence-electron chi connectivity index (χ2n) is 4.13. The molecule has 0 amide bonds. The number of rotatable bonds is 3. The summed E-state index contributed by atoms with van der Waals surface area (Å²) in [6.45, 7) is 2.49. The molecule has 0 bridgehead atoms. The van der Waals surface area contributed by atoms with E-state index in [1.54, 1.807) is 25.1 Å². The molecule has 1 fully saturated rings. The molecule has 0 spiro atoms. The molecule has 0 radical (unpaired) electrons. The molecule has 2 heterocycles. The summed E-state index contributed by atoms with van der Waals surface area (Å²) in [7, 11) is 0. The van der Waals surface area contributed by atoms with Gasteiger partial charge in [0.25, 0.3) is 0 Å². The van der Waals surface area contributed by atoms with Crippen molar-refractivity contribution in [2.24, 2.45) is 5.41 Å². The number of esters is 1. The molecule has 5 heteroatoms. The average molecular weight is 232 g/mol. The van der Waals surface area contributed by atoms with Gasteiger partial charge in [0.1, 0.15) is 17.7 Å². The van der Waals surface area contributed by atoms with E-state index in [4.69, 9.17) is 14.7 Å². The summed E-state index contributed by atoms with van der Waals surface area (Å²) < 4.78 is 10.0. The smallest absolute Gasteiger partial charge is 0.356 e. The number of pyridine rings is 1. The molecular formula is C12H12N2O3. The lowest BCUT2D eigenvalue weighted by molar-refractivity contribution is -0.104. The fourth-order valence-corrected chi connectivity index (χ4v) is 1.46. The predicted molar refractivity (Wildman–Crippen MR) is 58.1 cm³/mol. The van der Waals surface area contributed by atoms with Crippen molar-refractivity contribution in [2.75, 3.05) is 19.8 Å². The Hall–Kier alpha value is -1.93. The SMILES string of the molecule is Cc1cccc(C(=O)OCC2(C#N)COC2)n1. The first-order chi connectivity index (χ1) is 8.15. The number of ether oxygens (including phenoxy) is 2. The third-order valence-electron chi connectivity index (χ3n) is 2.57. The zero-order chi connectivity index (χ0) is 12.3. The molecule has 0 aromatic carbocycles. The molecule has 1 aromatic heterocycles. The van der Waals surface area contributed by atoms with E-state index >= 15 is 0 Å². The minimum Gasteiger partial charge on any atom is -0.459 e. The summed E-state index contributed by atoms with van der Waals surface area (Å²) in [5.41, 5.74) is 0.346. The molecule has 2 rings (SSSR count).